The predicted octanol–water partition coefficient (Wildman–Crippen LogP) is 3.24. The second-order valence-electron chi connectivity index (χ2n) is 6.94. The first-order chi connectivity index (χ1) is 14.1. The monoisotopic (exact) mass is 391 g/mol. The van der Waals surface area contributed by atoms with Crippen LogP contribution in [0.2, 0.25) is 0 Å². The third-order valence-electron chi connectivity index (χ3n) is 4.72. The smallest absolute Gasteiger partial charge is 0.191 e. The van der Waals surface area contributed by atoms with E-state index >= 15 is 0 Å². The lowest BCUT2D eigenvalue weighted by molar-refractivity contribution is 0.280. The van der Waals surface area contributed by atoms with Crippen molar-refractivity contribution in [1.82, 2.24) is 20.4 Å². The Kier molecular flexibility index (Phi) is 7.03. The quantitative estimate of drug-likeness (QED) is 0.427. The first kappa shape index (κ1) is 20.6. The highest BCUT2D eigenvalue weighted by Crippen LogP contribution is 2.18. The van der Waals surface area contributed by atoms with Gasteiger partial charge in [0.2, 0.25) is 0 Å². The number of hydrogen-bond acceptors (Lipinski definition) is 3. The Labute approximate surface area is 172 Å². The Hall–Kier alpha value is -3.12. The molecule has 0 amide bonds. The van der Waals surface area contributed by atoms with Gasteiger partial charge in [0.15, 0.2) is 5.96 Å². The van der Waals surface area contributed by atoms with Crippen LogP contribution in [0.15, 0.2) is 59.6 Å². The average molecular weight is 392 g/mol. The Morgan fingerprint density at radius 2 is 1.69 bits per heavy atom. The van der Waals surface area contributed by atoms with Crippen LogP contribution in [-0.2, 0) is 19.7 Å². The number of para-hydroxylation sites is 1. The van der Waals surface area contributed by atoms with Gasteiger partial charge in [0.1, 0.15) is 0 Å². The van der Waals surface area contributed by atoms with Gasteiger partial charge in [-0.15, -0.1) is 0 Å². The van der Waals surface area contributed by atoms with Crippen LogP contribution >= 0.6 is 0 Å². The van der Waals surface area contributed by atoms with Crippen molar-refractivity contribution < 1.29 is 5.11 Å². The SMILES string of the molecule is CCNC(=NCc1ccccc1-n1nc(C)cc1C)NCc1ccccc1CO. The summed E-state index contributed by atoms with van der Waals surface area (Å²) in [5.74, 6) is 0.739. The number of aromatic nitrogens is 2. The minimum absolute atomic E-state index is 0.0293. The van der Waals surface area contributed by atoms with Crippen molar-refractivity contribution in [3.63, 3.8) is 0 Å². The van der Waals surface area contributed by atoms with E-state index in [-0.39, 0.29) is 6.61 Å². The van der Waals surface area contributed by atoms with Crippen LogP contribution < -0.4 is 10.6 Å². The summed E-state index contributed by atoms with van der Waals surface area (Å²) in [7, 11) is 0. The number of rotatable bonds is 7. The van der Waals surface area contributed by atoms with E-state index in [1.54, 1.807) is 0 Å². The van der Waals surface area contributed by atoms with Crippen LogP contribution in [0, 0.1) is 13.8 Å². The molecule has 0 radical (unpaired) electrons. The Bertz CT molecular complexity index is 977. The summed E-state index contributed by atoms with van der Waals surface area (Å²) in [6.07, 6.45) is 0. The molecule has 0 aliphatic carbocycles. The summed E-state index contributed by atoms with van der Waals surface area (Å²) in [4.78, 5) is 4.77. The number of benzene rings is 2. The molecule has 6 nitrogen and oxygen atoms in total. The second-order valence-corrected chi connectivity index (χ2v) is 6.94. The molecule has 0 bridgehead atoms. The van der Waals surface area contributed by atoms with E-state index in [1.165, 1.54) is 0 Å². The summed E-state index contributed by atoms with van der Waals surface area (Å²) in [5.41, 5.74) is 6.23. The molecule has 0 aliphatic heterocycles. The van der Waals surface area contributed by atoms with Crippen LogP contribution in [-0.4, -0.2) is 27.4 Å². The van der Waals surface area contributed by atoms with Gasteiger partial charge >= 0.3 is 0 Å². The minimum Gasteiger partial charge on any atom is -0.392 e. The first-order valence-electron chi connectivity index (χ1n) is 9.93. The van der Waals surface area contributed by atoms with E-state index in [9.17, 15) is 5.11 Å². The second kappa shape index (κ2) is 9.89. The van der Waals surface area contributed by atoms with Crippen molar-refractivity contribution in [3.05, 3.63) is 82.7 Å². The Balaban J connectivity index is 1.78. The van der Waals surface area contributed by atoms with E-state index in [4.69, 9.17) is 4.99 Å². The van der Waals surface area contributed by atoms with Crippen molar-refractivity contribution in [1.29, 1.82) is 0 Å². The number of hydrogen-bond donors (Lipinski definition) is 3. The summed E-state index contributed by atoms with van der Waals surface area (Å²) < 4.78 is 1.97. The van der Waals surface area contributed by atoms with Gasteiger partial charge in [0.05, 0.1) is 24.5 Å². The lowest BCUT2D eigenvalue weighted by Crippen LogP contribution is -2.37. The summed E-state index contributed by atoms with van der Waals surface area (Å²) in [5, 5.41) is 20.8. The maximum atomic E-state index is 9.52. The lowest BCUT2D eigenvalue weighted by atomic mass is 10.1. The molecule has 2 aromatic carbocycles. The molecular weight excluding hydrogens is 362 g/mol. The fraction of sp³-hybridized carbons (Fsp3) is 0.304. The number of aryl methyl sites for hydroxylation is 2. The molecule has 0 unspecified atom stereocenters. The van der Waals surface area contributed by atoms with Gasteiger partial charge in [0.25, 0.3) is 0 Å². The highest BCUT2D eigenvalue weighted by molar-refractivity contribution is 5.79. The Morgan fingerprint density at radius 1 is 1.00 bits per heavy atom. The Morgan fingerprint density at radius 3 is 2.34 bits per heavy atom. The molecule has 6 heteroatoms. The summed E-state index contributed by atoms with van der Waals surface area (Å²) in [6, 6.07) is 18.1. The highest BCUT2D eigenvalue weighted by Gasteiger charge is 2.09. The molecule has 0 aliphatic rings. The molecule has 0 atom stereocenters. The highest BCUT2D eigenvalue weighted by atomic mass is 16.3. The fourth-order valence-corrected chi connectivity index (χ4v) is 3.29. The van der Waals surface area contributed by atoms with Crippen molar-refractivity contribution >= 4 is 5.96 Å². The molecule has 3 N–H and O–H groups in total. The van der Waals surface area contributed by atoms with Gasteiger partial charge in [0, 0.05) is 18.8 Å². The van der Waals surface area contributed by atoms with Crippen molar-refractivity contribution in [2.75, 3.05) is 6.54 Å². The summed E-state index contributed by atoms with van der Waals surface area (Å²) in [6.45, 7) is 8.04. The molecule has 29 heavy (non-hydrogen) atoms. The number of nitrogens with one attached hydrogen (secondary N) is 2. The average Bonchev–Trinajstić information content (AvgIpc) is 3.08. The molecule has 1 heterocycles. The predicted molar refractivity (Wildman–Crippen MR) is 117 cm³/mol. The summed E-state index contributed by atoms with van der Waals surface area (Å²) >= 11 is 0. The molecule has 1 aromatic heterocycles. The van der Waals surface area contributed by atoms with Crippen LogP contribution in [0.25, 0.3) is 5.69 Å². The number of guanidine groups is 1. The van der Waals surface area contributed by atoms with Gasteiger partial charge in [-0.05, 0) is 49.6 Å². The number of aliphatic hydroxyl groups is 1. The topological polar surface area (TPSA) is 74.5 Å². The van der Waals surface area contributed by atoms with Crippen LogP contribution in [0.1, 0.15) is 35.0 Å². The van der Waals surface area contributed by atoms with Gasteiger partial charge in [-0.1, -0.05) is 42.5 Å². The molecule has 152 valence electrons. The molecule has 0 saturated carbocycles. The third-order valence-corrected chi connectivity index (χ3v) is 4.72. The third kappa shape index (κ3) is 5.23. The number of aliphatic hydroxyl groups excluding tert-OH is 1. The minimum atomic E-state index is 0.0293. The zero-order valence-corrected chi connectivity index (χ0v) is 17.3. The molecule has 0 saturated heterocycles. The fourth-order valence-electron chi connectivity index (χ4n) is 3.29. The molecule has 0 fully saturated rings. The van der Waals surface area contributed by atoms with E-state index in [0.29, 0.717) is 13.1 Å². The van der Waals surface area contributed by atoms with E-state index in [2.05, 4.69) is 40.9 Å². The zero-order valence-electron chi connectivity index (χ0n) is 17.3. The van der Waals surface area contributed by atoms with Crippen LogP contribution in [0.4, 0.5) is 0 Å². The molecule has 3 rings (SSSR count). The maximum absolute atomic E-state index is 9.52. The first-order valence-corrected chi connectivity index (χ1v) is 9.93. The van der Waals surface area contributed by atoms with Crippen molar-refractivity contribution in [2.45, 2.75) is 40.5 Å². The zero-order chi connectivity index (χ0) is 20.6. The van der Waals surface area contributed by atoms with Gasteiger partial charge in [-0.25, -0.2) is 9.67 Å². The van der Waals surface area contributed by atoms with Crippen LogP contribution in [0.3, 0.4) is 0 Å². The normalized spacial score (nSPS) is 11.5. The number of nitrogens with zero attached hydrogens (tertiary/aromatic N) is 3. The van der Waals surface area contributed by atoms with E-state index < -0.39 is 0 Å². The van der Waals surface area contributed by atoms with Crippen molar-refractivity contribution in [2.24, 2.45) is 4.99 Å². The molecule has 0 spiro atoms. The lowest BCUT2D eigenvalue weighted by Gasteiger charge is -2.14. The standard InChI is InChI=1S/C23H29N5O/c1-4-24-23(25-14-19-9-5-6-11-21(19)16-29)26-15-20-10-7-8-12-22(20)28-18(3)13-17(2)27-28/h5-13,29H,4,14-16H2,1-3H3,(H2,24,25,26). The largest absolute Gasteiger partial charge is 0.392 e. The molecular formula is C23H29N5O. The van der Waals surface area contributed by atoms with Gasteiger partial charge in [-0.2, -0.15) is 5.10 Å². The molecule has 3 aromatic rings. The maximum Gasteiger partial charge on any atom is 0.191 e. The van der Waals surface area contributed by atoms with Crippen molar-refractivity contribution in [3.8, 4) is 5.69 Å². The van der Waals surface area contributed by atoms with Crippen LogP contribution in [0.5, 0.6) is 0 Å². The number of aliphatic imine (C=N–C) groups is 1. The van der Waals surface area contributed by atoms with Gasteiger partial charge in [-0.3, -0.25) is 0 Å². The van der Waals surface area contributed by atoms with E-state index in [0.717, 1.165) is 46.3 Å². The van der Waals surface area contributed by atoms with Gasteiger partial charge < -0.3 is 15.7 Å². The van der Waals surface area contributed by atoms with E-state index in [1.807, 2.05) is 54.9 Å².